The lowest BCUT2D eigenvalue weighted by molar-refractivity contribution is 0.0991. The van der Waals surface area contributed by atoms with Crippen molar-refractivity contribution >= 4 is 17.4 Å². The van der Waals surface area contributed by atoms with E-state index in [1.165, 1.54) is 6.07 Å². The standard InChI is InChI=1S/C16H14ClFO/c1-10-6-7-13(11(2)8-10)15(19)9-12-4-3-5-14(17)16(12)18/h3-8H,9H2,1-2H3. The molecule has 0 bridgehead atoms. The molecule has 3 heteroatoms. The zero-order valence-corrected chi connectivity index (χ0v) is 11.6. The van der Waals surface area contributed by atoms with Gasteiger partial charge in [-0.25, -0.2) is 4.39 Å². The molecule has 0 aliphatic heterocycles. The van der Waals surface area contributed by atoms with Crippen LogP contribution < -0.4 is 0 Å². The Balaban J connectivity index is 2.28. The van der Waals surface area contributed by atoms with E-state index in [4.69, 9.17) is 11.6 Å². The Morgan fingerprint density at radius 3 is 2.63 bits per heavy atom. The van der Waals surface area contributed by atoms with Crippen molar-refractivity contribution in [3.05, 3.63) is 69.5 Å². The van der Waals surface area contributed by atoms with Crippen LogP contribution in [-0.4, -0.2) is 5.78 Å². The molecule has 0 aliphatic carbocycles. The summed E-state index contributed by atoms with van der Waals surface area (Å²) < 4.78 is 13.8. The number of benzene rings is 2. The third-order valence-corrected chi connectivity index (χ3v) is 3.36. The van der Waals surface area contributed by atoms with Crippen LogP contribution in [0.2, 0.25) is 5.02 Å². The summed E-state index contributed by atoms with van der Waals surface area (Å²) in [7, 11) is 0. The van der Waals surface area contributed by atoms with Crippen LogP contribution in [0.15, 0.2) is 36.4 Å². The first-order valence-electron chi connectivity index (χ1n) is 6.02. The van der Waals surface area contributed by atoms with Crippen molar-refractivity contribution in [3.8, 4) is 0 Å². The number of carbonyl (C=O) groups is 1. The maximum atomic E-state index is 13.8. The summed E-state index contributed by atoms with van der Waals surface area (Å²) >= 11 is 5.71. The van der Waals surface area contributed by atoms with Gasteiger partial charge in [0.25, 0.3) is 0 Å². The summed E-state index contributed by atoms with van der Waals surface area (Å²) in [5.74, 6) is -0.610. The minimum absolute atomic E-state index is 0.0241. The van der Waals surface area contributed by atoms with Gasteiger partial charge in [-0.2, -0.15) is 0 Å². The van der Waals surface area contributed by atoms with Crippen molar-refractivity contribution in [2.75, 3.05) is 0 Å². The molecule has 0 spiro atoms. The summed E-state index contributed by atoms with van der Waals surface area (Å²) in [6, 6.07) is 10.3. The number of aryl methyl sites for hydroxylation is 2. The number of halogens is 2. The van der Waals surface area contributed by atoms with E-state index in [2.05, 4.69) is 0 Å². The summed E-state index contributed by atoms with van der Waals surface area (Å²) in [5.41, 5.74) is 2.97. The fourth-order valence-corrected chi connectivity index (χ4v) is 2.27. The zero-order chi connectivity index (χ0) is 14.0. The van der Waals surface area contributed by atoms with E-state index in [0.717, 1.165) is 11.1 Å². The van der Waals surface area contributed by atoms with Crippen molar-refractivity contribution in [3.63, 3.8) is 0 Å². The van der Waals surface area contributed by atoms with E-state index in [0.29, 0.717) is 11.1 Å². The van der Waals surface area contributed by atoms with Gasteiger partial charge in [-0.3, -0.25) is 4.79 Å². The largest absolute Gasteiger partial charge is 0.294 e. The van der Waals surface area contributed by atoms with Gasteiger partial charge < -0.3 is 0 Å². The Kier molecular flexibility index (Phi) is 4.01. The first-order chi connectivity index (χ1) is 8.99. The lowest BCUT2D eigenvalue weighted by Crippen LogP contribution is -2.07. The maximum Gasteiger partial charge on any atom is 0.167 e. The van der Waals surface area contributed by atoms with Gasteiger partial charge in [-0.15, -0.1) is 0 Å². The van der Waals surface area contributed by atoms with E-state index in [1.807, 2.05) is 26.0 Å². The van der Waals surface area contributed by atoms with Crippen LogP contribution in [0.5, 0.6) is 0 Å². The molecule has 2 aromatic rings. The molecular weight excluding hydrogens is 263 g/mol. The van der Waals surface area contributed by atoms with Gasteiger partial charge in [-0.1, -0.05) is 47.5 Å². The van der Waals surface area contributed by atoms with Crippen molar-refractivity contribution in [1.29, 1.82) is 0 Å². The number of hydrogen-bond donors (Lipinski definition) is 0. The van der Waals surface area contributed by atoms with Gasteiger partial charge in [0.15, 0.2) is 5.78 Å². The van der Waals surface area contributed by atoms with Gasteiger partial charge in [0, 0.05) is 12.0 Å². The van der Waals surface area contributed by atoms with Crippen LogP contribution in [0.4, 0.5) is 4.39 Å². The second-order valence-electron chi connectivity index (χ2n) is 4.63. The molecule has 0 heterocycles. The molecule has 1 nitrogen and oxygen atoms in total. The molecule has 2 rings (SSSR count). The van der Waals surface area contributed by atoms with Crippen LogP contribution in [0.25, 0.3) is 0 Å². The van der Waals surface area contributed by atoms with Crippen molar-refractivity contribution < 1.29 is 9.18 Å². The fourth-order valence-electron chi connectivity index (χ4n) is 2.08. The monoisotopic (exact) mass is 276 g/mol. The minimum atomic E-state index is -0.512. The maximum absolute atomic E-state index is 13.8. The van der Waals surface area contributed by atoms with E-state index in [1.54, 1.807) is 18.2 Å². The molecule has 0 radical (unpaired) electrons. The SMILES string of the molecule is Cc1ccc(C(=O)Cc2cccc(Cl)c2F)c(C)c1. The first-order valence-corrected chi connectivity index (χ1v) is 6.40. The van der Waals surface area contributed by atoms with E-state index in [-0.39, 0.29) is 17.2 Å². The lowest BCUT2D eigenvalue weighted by Gasteiger charge is -2.07. The van der Waals surface area contributed by atoms with E-state index in [9.17, 15) is 9.18 Å². The highest BCUT2D eigenvalue weighted by atomic mass is 35.5. The average Bonchev–Trinajstić information content (AvgIpc) is 2.34. The zero-order valence-electron chi connectivity index (χ0n) is 10.8. The van der Waals surface area contributed by atoms with Crippen molar-refractivity contribution in [1.82, 2.24) is 0 Å². The number of ketones is 1. The third-order valence-electron chi connectivity index (χ3n) is 3.06. The molecule has 0 unspecified atom stereocenters. The fraction of sp³-hybridized carbons (Fsp3) is 0.188. The Labute approximate surface area is 117 Å². The summed E-state index contributed by atoms with van der Waals surface area (Å²) in [5, 5.41) is 0.0472. The van der Waals surface area contributed by atoms with Crippen LogP contribution in [0, 0.1) is 19.7 Å². The highest BCUT2D eigenvalue weighted by molar-refractivity contribution is 6.30. The number of hydrogen-bond acceptors (Lipinski definition) is 1. The van der Waals surface area contributed by atoms with Gasteiger partial charge in [0.05, 0.1) is 5.02 Å². The van der Waals surface area contributed by atoms with Crippen LogP contribution in [0.3, 0.4) is 0 Å². The molecule has 0 saturated heterocycles. The lowest BCUT2D eigenvalue weighted by atomic mass is 9.97. The number of rotatable bonds is 3. The molecule has 2 aromatic carbocycles. The Morgan fingerprint density at radius 2 is 1.95 bits per heavy atom. The summed E-state index contributed by atoms with van der Waals surface area (Å²) in [6.07, 6.45) is 0.0241. The molecule has 0 atom stereocenters. The van der Waals surface area contributed by atoms with Gasteiger partial charge in [0.2, 0.25) is 0 Å². The second-order valence-corrected chi connectivity index (χ2v) is 5.04. The molecule has 98 valence electrons. The number of Topliss-reactive ketones (excluding diaryl/α,β-unsaturated/α-hetero) is 1. The van der Waals surface area contributed by atoms with Crippen molar-refractivity contribution in [2.24, 2.45) is 0 Å². The second kappa shape index (κ2) is 5.54. The topological polar surface area (TPSA) is 17.1 Å². The van der Waals surface area contributed by atoms with Crippen LogP contribution in [0.1, 0.15) is 27.0 Å². The highest BCUT2D eigenvalue weighted by Gasteiger charge is 2.14. The van der Waals surface area contributed by atoms with Gasteiger partial charge in [-0.05, 0) is 31.0 Å². The normalized spacial score (nSPS) is 10.5. The molecule has 19 heavy (non-hydrogen) atoms. The molecule has 0 amide bonds. The first kappa shape index (κ1) is 13.8. The van der Waals surface area contributed by atoms with E-state index < -0.39 is 5.82 Å². The quantitative estimate of drug-likeness (QED) is 0.753. The Hall–Kier alpha value is -1.67. The minimum Gasteiger partial charge on any atom is -0.294 e. The van der Waals surface area contributed by atoms with E-state index >= 15 is 0 Å². The van der Waals surface area contributed by atoms with Crippen LogP contribution >= 0.6 is 11.6 Å². The summed E-state index contributed by atoms with van der Waals surface area (Å²) in [6.45, 7) is 3.85. The third kappa shape index (κ3) is 3.02. The smallest absolute Gasteiger partial charge is 0.167 e. The molecule has 0 aliphatic rings. The Morgan fingerprint density at radius 1 is 1.21 bits per heavy atom. The molecule has 0 N–H and O–H groups in total. The highest BCUT2D eigenvalue weighted by Crippen LogP contribution is 2.20. The Bertz CT molecular complexity index is 635. The average molecular weight is 277 g/mol. The van der Waals surface area contributed by atoms with Crippen molar-refractivity contribution in [2.45, 2.75) is 20.3 Å². The molecule has 0 fully saturated rings. The van der Waals surface area contributed by atoms with Gasteiger partial charge >= 0.3 is 0 Å². The summed E-state index contributed by atoms with van der Waals surface area (Å²) in [4.78, 5) is 12.2. The molecule has 0 aromatic heterocycles. The molecule has 0 saturated carbocycles. The predicted molar refractivity (Wildman–Crippen MR) is 75.4 cm³/mol. The predicted octanol–water partition coefficient (Wildman–Crippen LogP) is 4.52. The van der Waals surface area contributed by atoms with Gasteiger partial charge in [0.1, 0.15) is 5.82 Å². The number of carbonyl (C=O) groups excluding carboxylic acids is 1. The van der Waals surface area contributed by atoms with Crippen LogP contribution in [-0.2, 0) is 6.42 Å². The molecular formula is C16H14ClFO.